The van der Waals surface area contributed by atoms with Crippen LogP contribution in [0.3, 0.4) is 0 Å². The van der Waals surface area contributed by atoms with E-state index in [1.54, 1.807) is 36.4 Å². The van der Waals surface area contributed by atoms with Crippen LogP contribution in [0.5, 0.6) is 17.2 Å². The Labute approximate surface area is 193 Å². The van der Waals surface area contributed by atoms with E-state index in [0.29, 0.717) is 17.7 Å². The van der Waals surface area contributed by atoms with Gasteiger partial charge in [0.15, 0.2) is 0 Å². The summed E-state index contributed by atoms with van der Waals surface area (Å²) in [6.07, 6.45) is 0. The second-order valence-corrected chi connectivity index (χ2v) is 11.0. The molecule has 5 nitrogen and oxygen atoms in total. The van der Waals surface area contributed by atoms with Gasteiger partial charge in [-0.25, -0.2) is 0 Å². The number of hydrogen-bond acceptors (Lipinski definition) is 4. The van der Waals surface area contributed by atoms with Crippen molar-refractivity contribution >= 4 is 29.9 Å². The van der Waals surface area contributed by atoms with E-state index in [2.05, 4.69) is 21.1 Å². The number of phenols is 2. The van der Waals surface area contributed by atoms with Crippen molar-refractivity contribution in [2.75, 3.05) is 34.3 Å². The van der Waals surface area contributed by atoms with Crippen LogP contribution in [0.15, 0.2) is 66.7 Å². The number of hydrogen-bond donors (Lipinski definition) is 2. The maximum atomic E-state index is 13.6. The Balaban J connectivity index is 1.68. The number of benzene rings is 3. The number of carbonyl (C=O) groups excluding carboxylic acids is 1. The van der Waals surface area contributed by atoms with Crippen LogP contribution in [0.1, 0.15) is 15.9 Å². The van der Waals surface area contributed by atoms with E-state index in [1.807, 2.05) is 30.3 Å². The molecule has 0 atom stereocenters. The van der Waals surface area contributed by atoms with Crippen molar-refractivity contribution in [1.29, 1.82) is 0 Å². The molecule has 0 unspecified atom stereocenters. The summed E-state index contributed by atoms with van der Waals surface area (Å²) in [5, 5.41) is 20.5. The average molecular weight is 495 g/mol. The number of carbonyl (C=O) groups is 1. The van der Waals surface area contributed by atoms with E-state index in [0.717, 1.165) is 36.4 Å². The number of ether oxygens (including phenoxy) is 1. The van der Waals surface area contributed by atoms with E-state index < -0.39 is 0 Å². The maximum absolute atomic E-state index is 13.6. The zero-order valence-corrected chi connectivity index (χ0v) is 20.0. The fourth-order valence-electron chi connectivity index (χ4n) is 3.41. The molecule has 0 saturated carbocycles. The Hall–Kier alpha value is -3.05. The van der Waals surface area contributed by atoms with Crippen LogP contribution in [0.25, 0.3) is 19.6 Å². The molecule has 0 bridgehead atoms. The number of quaternary nitrogens is 1. The van der Waals surface area contributed by atoms with Crippen LogP contribution in [-0.4, -0.2) is 69.3 Å². The van der Waals surface area contributed by atoms with Gasteiger partial charge in [-0.3, -0.25) is 0 Å². The second-order valence-electron chi connectivity index (χ2n) is 8.75. The Bertz CT molecular complexity index is 1250. The molecular formula is C26H26NO4Se+. The molecule has 0 aliphatic carbocycles. The first-order valence-corrected chi connectivity index (χ1v) is 12.1. The van der Waals surface area contributed by atoms with Gasteiger partial charge < -0.3 is 0 Å². The number of rotatable bonds is 7. The minimum atomic E-state index is -0.135. The van der Waals surface area contributed by atoms with Gasteiger partial charge in [0.05, 0.1) is 0 Å². The van der Waals surface area contributed by atoms with Crippen LogP contribution in [0, 0.1) is 0 Å². The van der Waals surface area contributed by atoms with E-state index in [9.17, 15) is 15.0 Å². The molecule has 0 fully saturated rings. The summed E-state index contributed by atoms with van der Waals surface area (Å²) in [6, 6.07) is 19.4. The fraction of sp³-hybridized carbons (Fsp3) is 0.192. The number of nitrogens with zero attached hydrogens (tertiary/aromatic N) is 1. The van der Waals surface area contributed by atoms with Crippen LogP contribution in [0.4, 0.5) is 0 Å². The Morgan fingerprint density at radius 2 is 1.56 bits per heavy atom. The van der Waals surface area contributed by atoms with Crippen molar-refractivity contribution in [3.63, 3.8) is 0 Å². The molecule has 32 heavy (non-hydrogen) atoms. The normalized spacial score (nSPS) is 11.6. The van der Waals surface area contributed by atoms with E-state index >= 15 is 0 Å². The quantitative estimate of drug-likeness (QED) is 0.228. The first-order chi connectivity index (χ1) is 15.2. The van der Waals surface area contributed by atoms with Crippen LogP contribution < -0.4 is 4.74 Å². The van der Waals surface area contributed by atoms with Gasteiger partial charge in [0.1, 0.15) is 0 Å². The summed E-state index contributed by atoms with van der Waals surface area (Å²) in [7, 11) is 6.35. The number of likely N-dealkylation sites (N-methyl/N-ethyl adjacent to an activating group) is 1. The molecule has 4 aromatic rings. The third-order valence-corrected chi connectivity index (χ3v) is 7.70. The van der Waals surface area contributed by atoms with Gasteiger partial charge in [-0.05, 0) is 0 Å². The molecule has 6 heteroatoms. The summed E-state index contributed by atoms with van der Waals surface area (Å²) in [5.74, 6) is 1.06. The molecule has 0 saturated heterocycles. The topological polar surface area (TPSA) is 66.8 Å². The fourth-order valence-corrected chi connectivity index (χ4v) is 6.01. The van der Waals surface area contributed by atoms with Crippen molar-refractivity contribution in [2.45, 2.75) is 0 Å². The van der Waals surface area contributed by atoms with Crippen molar-refractivity contribution in [3.05, 3.63) is 77.9 Å². The molecule has 3 aromatic carbocycles. The summed E-state index contributed by atoms with van der Waals surface area (Å²) in [4.78, 5) is 13.6. The van der Waals surface area contributed by atoms with Gasteiger partial charge in [-0.15, -0.1) is 0 Å². The molecule has 0 radical (unpaired) electrons. The first kappa shape index (κ1) is 22.2. The van der Waals surface area contributed by atoms with Gasteiger partial charge in [0.2, 0.25) is 0 Å². The molecular weight excluding hydrogens is 469 g/mol. The number of aromatic hydroxyl groups is 2. The van der Waals surface area contributed by atoms with E-state index in [4.69, 9.17) is 4.74 Å². The SMILES string of the molecule is C[N+](C)(C)CCOc1ccc(C(=O)c2c(-c3ccc(O)cc3)[se]c3cc(O)ccc23)cc1. The Morgan fingerprint density at radius 1 is 0.906 bits per heavy atom. The summed E-state index contributed by atoms with van der Waals surface area (Å²) in [6.45, 7) is 1.49. The number of fused-ring (bicyclic) bond motifs is 1. The van der Waals surface area contributed by atoms with E-state index in [-0.39, 0.29) is 31.8 Å². The molecule has 1 heterocycles. The van der Waals surface area contributed by atoms with Gasteiger partial charge >= 0.3 is 194 Å². The molecule has 2 N–H and O–H groups in total. The van der Waals surface area contributed by atoms with Crippen molar-refractivity contribution in [3.8, 4) is 27.2 Å². The molecule has 0 aliphatic rings. The monoisotopic (exact) mass is 496 g/mol. The Kier molecular flexibility index (Phi) is 6.11. The number of ketones is 1. The number of phenolic OH excluding ortho intramolecular Hbond substituents is 2. The van der Waals surface area contributed by atoms with Crippen molar-refractivity contribution in [2.24, 2.45) is 0 Å². The molecule has 0 aliphatic heterocycles. The molecule has 0 spiro atoms. The Morgan fingerprint density at radius 3 is 2.22 bits per heavy atom. The van der Waals surface area contributed by atoms with Gasteiger partial charge in [-0.1, -0.05) is 0 Å². The average Bonchev–Trinajstić information content (AvgIpc) is 3.11. The minimum absolute atomic E-state index is 0.0581. The van der Waals surface area contributed by atoms with Gasteiger partial charge in [0, 0.05) is 0 Å². The second kappa shape index (κ2) is 8.83. The third kappa shape index (κ3) is 4.89. The summed E-state index contributed by atoms with van der Waals surface area (Å²) >= 11 is -0.135. The van der Waals surface area contributed by atoms with Crippen LogP contribution >= 0.6 is 0 Å². The van der Waals surface area contributed by atoms with Crippen molar-refractivity contribution < 1.29 is 24.2 Å². The van der Waals surface area contributed by atoms with Crippen LogP contribution in [0.2, 0.25) is 0 Å². The summed E-state index contributed by atoms with van der Waals surface area (Å²) in [5.41, 5.74) is 2.15. The predicted molar refractivity (Wildman–Crippen MR) is 128 cm³/mol. The zero-order valence-electron chi connectivity index (χ0n) is 18.3. The molecule has 4 rings (SSSR count). The molecule has 0 amide bonds. The van der Waals surface area contributed by atoms with Crippen LogP contribution in [-0.2, 0) is 0 Å². The summed E-state index contributed by atoms with van der Waals surface area (Å²) < 4.78 is 8.57. The molecule has 1 aromatic heterocycles. The third-order valence-electron chi connectivity index (χ3n) is 5.18. The molecule has 164 valence electrons. The first-order valence-electron chi connectivity index (χ1n) is 10.3. The van der Waals surface area contributed by atoms with Crippen molar-refractivity contribution in [1.82, 2.24) is 0 Å². The van der Waals surface area contributed by atoms with Gasteiger partial charge in [0.25, 0.3) is 0 Å². The predicted octanol–water partition coefficient (Wildman–Crippen LogP) is 4.29. The standard InChI is InChI=1S/C26H25NO4Se/c1-27(2,3)14-15-31-21-11-6-17(7-12-21)25(30)24-22-13-10-20(29)16-23(22)32-26(24)18-4-8-19(28)9-5-18/h4-13,16H,14-15H2,1-3H3,(H-,28,29,30)/p+1. The van der Waals surface area contributed by atoms with Gasteiger partial charge in [-0.2, -0.15) is 0 Å². The van der Waals surface area contributed by atoms with E-state index in [1.165, 1.54) is 0 Å². The zero-order chi connectivity index (χ0) is 22.9.